The molecule has 1 N–H and O–H groups in total. The Morgan fingerprint density at radius 3 is 2.28 bits per heavy atom. The summed E-state index contributed by atoms with van der Waals surface area (Å²) in [4.78, 5) is 27.4. The lowest BCUT2D eigenvalue weighted by molar-refractivity contribution is -0.140. The third kappa shape index (κ3) is 5.02. The van der Waals surface area contributed by atoms with Crippen LogP contribution in [0.4, 0.5) is 0 Å². The van der Waals surface area contributed by atoms with Gasteiger partial charge >= 0.3 is 0 Å². The van der Waals surface area contributed by atoms with Crippen molar-refractivity contribution in [3.63, 3.8) is 0 Å². The van der Waals surface area contributed by atoms with Crippen molar-refractivity contribution in [1.29, 1.82) is 0 Å². The number of nitrogens with zero attached hydrogens (tertiary/aromatic N) is 1. The highest BCUT2D eigenvalue weighted by Crippen LogP contribution is 2.40. The second kappa shape index (κ2) is 10.5. The highest BCUT2D eigenvalue weighted by atomic mass is 16.5. The Hall–Kier alpha value is -3.12. The van der Waals surface area contributed by atoms with E-state index in [9.17, 15) is 14.7 Å². The fourth-order valence-corrected chi connectivity index (χ4v) is 3.89. The molecule has 0 spiro atoms. The number of Topliss-reactive ketones (excluding diaryl/α,β-unsaturated/α-hetero) is 1. The van der Waals surface area contributed by atoms with E-state index in [2.05, 4.69) is 0 Å². The number of amides is 1. The molecule has 0 aliphatic carbocycles. The molecule has 1 fully saturated rings. The topological polar surface area (TPSA) is 76.1 Å². The largest absolute Gasteiger partial charge is 0.507 e. The van der Waals surface area contributed by atoms with E-state index >= 15 is 0 Å². The number of aliphatic hydroxyl groups is 1. The molecule has 1 heterocycles. The van der Waals surface area contributed by atoms with E-state index < -0.39 is 17.7 Å². The predicted octanol–water partition coefficient (Wildman–Crippen LogP) is 4.49. The van der Waals surface area contributed by atoms with Crippen molar-refractivity contribution in [1.82, 2.24) is 4.90 Å². The fraction of sp³-hybridized carbons (Fsp3) is 0.385. The highest BCUT2D eigenvalue weighted by Gasteiger charge is 2.45. The molecule has 170 valence electrons. The van der Waals surface area contributed by atoms with Gasteiger partial charge in [0.15, 0.2) is 0 Å². The molecule has 1 unspecified atom stereocenters. The first kappa shape index (κ1) is 23.5. The van der Waals surface area contributed by atoms with Crippen molar-refractivity contribution >= 4 is 17.4 Å². The Balaban J connectivity index is 2.05. The second-order valence-electron chi connectivity index (χ2n) is 8.12. The molecular weight excluding hydrogens is 406 g/mol. The molecular formula is C26H31NO5. The highest BCUT2D eigenvalue weighted by molar-refractivity contribution is 6.46. The van der Waals surface area contributed by atoms with Gasteiger partial charge < -0.3 is 19.5 Å². The van der Waals surface area contributed by atoms with E-state index in [1.165, 1.54) is 4.90 Å². The van der Waals surface area contributed by atoms with Crippen molar-refractivity contribution in [2.45, 2.75) is 45.8 Å². The van der Waals surface area contributed by atoms with Crippen LogP contribution in [0.25, 0.3) is 5.76 Å². The molecule has 6 nitrogen and oxygen atoms in total. The Bertz CT molecular complexity index is 976. The fourth-order valence-electron chi connectivity index (χ4n) is 3.89. The van der Waals surface area contributed by atoms with Crippen LogP contribution in [0, 0.1) is 0 Å². The third-order valence-corrected chi connectivity index (χ3v) is 5.49. The van der Waals surface area contributed by atoms with Crippen LogP contribution in [0.5, 0.6) is 5.75 Å². The van der Waals surface area contributed by atoms with Gasteiger partial charge in [0.1, 0.15) is 11.5 Å². The number of ketones is 1. The SMILES string of the molecule is CCc1ccc(/C(O)=C2/C(=O)C(=O)N(CCCOC)C2c2ccc(OC(C)C)cc2)cc1. The molecule has 2 aromatic rings. The first-order valence-corrected chi connectivity index (χ1v) is 11.0. The van der Waals surface area contributed by atoms with Crippen LogP contribution in [0.15, 0.2) is 54.1 Å². The lowest BCUT2D eigenvalue weighted by atomic mass is 9.95. The Morgan fingerprint density at radius 1 is 1.06 bits per heavy atom. The number of likely N-dealkylation sites (tertiary alicyclic amines) is 1. The first-order chi connectivity index (χ1) is 15.4. The Labute approximate surface area is 189 Å². The number of ether oxygens (including phenoxy) is 2. The average Bonchev–Trinajstić information content (AvgIpc) is 3.04. The molecule has 1 aliphatic rings. The van der Waals surface area contributed by atoms with Gasteiger partial charge in [0.25, 0.3) is 11.7 Å². The van der Waals surface area contributed by atoms with Crippen molar-refractivity contribution in [2.24, 2.45) is 0 Å². The summed E-state index contributed by atoms with van der Waals surface area (Å²) in [5.41, 5.74) is 2.49. The van der Waals surface area contributed by atoms with Gasteiger partial charge in [-0.25, -0.2) is 0 Å². The van der Waals surface area contributed by atoms with Crippen LogP contribution >= 0.6 is 0 Å². The van der Waals surface area contributed by atoms with Crippen molar-refractivity contribution in [2.75, 3.05) is 20.3 Å². The number of rotatable bonds is 9. The van der Waals surface area contributed by atoms with Gasteiger partial charge in [-0.05, 0) is 49.9 Å². The quantitative estimate of drug-likeness (QED) is 0.271. The summed E-state index contributed by atoms with van der Waals surface area (Å²) in [5, 5.41) is 11.1. The third-order valence-electron chi connectivity index (χ3n) is 5.49. The van der Waals surface area contributed by atoms with Gasteiger partial charge in [0, 0.05) is 25.8 Å². The van der Waals surface area contributed by atoms with Gasteiger partial charge in [0.05, 0.1) is 17.7 Å². The molecule has 6 heteroatoms. The molecule has 0 radical (unpaired) electrons. The van der Waals surface area contributed by atoms with Crippen molar-refractivity contribution < 1.29 is 24.2 Å². The minimum absolute atomic E-state index is 0.0339. The van der Waals surface area contributed by atoms with Crippen LogP contribution in [0.2, 0.25) is 0 Å². The van der Waals surface area contributed by atoms with Gasteiger partial charge in [-0.1, -0.05) is 43.3 Å². The summed E-state index contributed by atoms with van der Waals surface area (Å²) in [6, 6.07) is 14.0. The standard InChI is InChI=1S/C26H31NO5/c1-5-18-7-9-20(10-8-18)24(28)22-23(19-11-13-21(14-12-19)32-17(2)3)27(15-6-16-31-4)26(30)25(22)29/h7-14,17,23,28H,5-6,15-16H2,1-4H3/b24-22-. The van der Waals surface area contributed by atoms with Crippen LogP contribution in [-0.2, 0) is 20.7 Å². The Kier molecular flexibility index (Phi) is 7.70. The van der Waals surface area contributed by atoms with Gasteiger partial charge in [-0.15, -0.1) is 0 Å². The van der Waals surface area contributed by atoms with Crippen LogP contribution in [0.3, 0.4) is 0 Å². The van der Waals surface area contributed by atoms with Crippen LogP contribution in [-0.4, -0.2) is 48.1 Å². The zero-order valence-corrected chi connectivity index (χ0v) is 19.1. The molecule has 0 bridgehead atoms. The number of carbonyl (C=O) groups is 2. The number of methoxy groups -OCH3 is 1. The molecule has 1 atom stereocenters. The maximum atomic E-state index is 13.0. The first-order valence-electron chi connectivity index (χ1n) is 11.0. The minimum Gasteiger partial charge on any atom is -0.507 e. The number of hydrogen-bond acceptors (Lipinski definition) is 5. The zero-order valence-electron chi connectivity index (χ0n) is 19.1. The monoisotopic (exact) mass is 437 g/mol. The number of benzene rings is 2. The number of aliphatic hydroxyl groups excluding tert-OH is 1. The van der Waals surface area contributed by atoms with Gasteiger partial charge in [-0.2, -0.15) is 0 Å². The van der Waals surface area contributed by atoms with Crippen LogP contribution < -0.4 is 4.74 Å². The lowest BCUT2D eigenvalue weighted by Crippen LogP contribution is -2.31. The summed E-state index contributed by atoms with van der Waals surface area (Å²) < 4.78 is 10.8. The molecule has 2 aromatic carbocycles. The van der Waals surface area contributed by atoms with Crippen LogP contribution in [0.1, 0.15) is 49.9 Å². The Morgan fingerprint density at radius 2 is 1.72 bits per heavy atom. The van der Waals surface area contributed by atoms with E-state index in [0.717, 1.165) is 17.5 Å². The number of aryl methyl sites for hydroxylation is 1. The minimum atomic E-state index is -0.675. The summed E-state index contributed by atoms with van der Waals surface area (Å²) in [6.07, 6.45) is 1.49. The maximum absolute atomic E-state index is 13.0. The van der Waals surface area contributed by atoms with E-state index in [-0.39, 0.29) is 17.4 Å². The van der Waals surface area contributed by atoms with Crippen molar-refractivity contribution in [3.05, 3.63) is 70.8 Å². The second-order valence-corrected chi connectivity index (χ2v) is 8.12. The smallest absolute Gasteiger partial charge is 0.295 e. The van der Waals surface area contributed by atoms with E-state index in [1.54, 1.807) is 19.2 Å². The summed E-state index contributed by atoms with van der Waals surface area (Å²) in [6.45, 7) is 6.76. The zero-order chi connectivity index (χ0) is 23.3. The molecule has 3 rings (SSSR count). The normalized spacial score (nSPS) is 17.9. The van der Waals surface area contributed by atoms with E-state index in [4.69, 9.17) is 9.47 Å². The van der Waals surface area contributed by atoms with E-state index in [0.29, 0.717) is 30.9 Å². The maximum Gasteiger partial charge on any atom is 0.295 e. The molecule has 32 heavy (non-hydrogen) atoms. The summed E-state index contributed by atoms with van der Waals surface area (Å²) in [7, 11) is 1.60. The lowest BCUT2D eigenvalue weighted by Gasteiger charge is -2.25. The average molecular weight is 438 g/mol. The predicted molar refractivity (Wildman–Crippen MR) is 124 cm³/mol. The number of hydrogen-bond donors (Lipinski definition) is 1. The molecule has 0 aromatic heterocycles. The van der Waals surface area contributed by atoms with Gasteiger partial charge in [0.2, 0.25) is 0 Å². The molecule has 1 aliphatic heterocycles. The summed E-state index contributed by atoms with van der Waals surface area (Å²) in [5.74, 6) is -0.740. The molecule has 0 saturated carbocycles. The van der Waals surface area contributed by atoms with E-state index in [1.807, 2.05) is 57.2 Å². The number of carbonyl (C=O) groups excluding carboxylic acids is 2. The van der Waals surface area contributed by atoms with Crippen molar-refractivity contribution in [3.8, 4) is 5.75 Å². The summed E-state index contributed by atoms with van der Waals surface area (Å²) >= 11 is 0. The molecule has 1 saturated heterocycles. The molecule has 1 amide bonds. The van der Waals surface area contributed by atoms with Gasteiger partial charge in [-0.3, -0.25) is 9.59 Å².